The molecule has 0 spiro atoms. The molecule has 0 heterocycles. The van der Waals surface area contributed by atoms with Crippen molar-refractivity contribution in [1.29, 1.82) is 0 Å². The summed E-state index contributed by atoms with van der Waals surface area (Å²) in [6, 6.07) is 0.232. The van der Waals surface area contributed by atoms with Gasteiger partial charge in [0.25, 0.3) is 0 Å². The molecule has 0 saturated heterocycles. The first-order valence-corrected chi connectivity index (χ1v) is 5.02. The summed E-state index contributed by atoms with van der Waals surface area (Å²) in [5.41, 5.74) is 10.9. The van der Waals surface area contributed by atoms with Gasteiger partial charge < -0.3 is 11.5 Å². The van der Waals surface area contributed by atoms with Crippen LogP contribution in [0.2, 0.25) is 0 Å². The lowest BCUT2D eigenvalue weighted by atomic mass is 10.1. The summed E-state index contributed by atoms with van der Waals surface area (Å²) in [5.74, 6) is 0.312. The highest BCUT2D eigenvalue weighted by atomic mass is 35.5. The van der Waals surface area contributed by atoms with Crippen molar-refractivity contribution in [3.05, 3.63) is 0 Å². The Balaban J connectivity index is 0. The van der Waals surface area contributed by atoms with Gasteiger partial charge in [-0.2, -0.15) is 0 Å². The summed E-state index contributed by atoms with van der Waals surface area (Å²) in [6.07, 6.45) is 3.04. The van der Waals surface area contributed by atoms with Crippen LogP contribution in [0.4, 0.5) is 0 Å². The van der Waals surface area contributed by atoms with Gasteiger partial charge in [0, 0.05) is 11.8 Å². The standard InChI is InChI=1S/C8H18ClN5.ClH/c1-3-5-6(4-2)12-7(10)13-8(11)14-9;/h6H,3-5H2,1-2H3,(H5,10,11,12,13,14);1H. The summed E-state index contributed by atoms with van der Waals surface area (Å²) < 4.78 is 3.20. The lowest BCUT2D eigenvalue weighted by molar-refractivity contribution is 0.587. The average Bonchev–Trinajstić information content (AvgIpc) is 2.16. The zero-order valence-corrected chi connectivity index (χ0v) is 10.6. The van der Waals surface area contributed by atoms with Gasteiger partial charge in [0.05, 0.1) is 6.04 Å². The number of hydrogen-bond donors (Lipinski definition) is 3. The van der Waals surface area contributed by atoms with Gasteiger partial charge in [-0.15, -0.1) is 16.9 Å². The number of nitrogens with one attached hydrogen (secondary N) is 1. The van der Waals surface area contributed by atoms with E-state index < -0.39 is 0 Å². The Morgan fingerprint density at radius 3 is 2.33 bits per heavy atom. The van der Waals surface area contributed by atoms with Crippen LogP contribution in [-0.2, 0) is 0 Å². The molecule has 0 aromatic carbocycles. The quantitative estimate of drug-likeness (QED) is 0.524. The summed E-state index contributed by atoms with van der Waals surface area (Å²) in [4.78, 5) is 4.24. The minimum atomic E-state index is 0. The van der Waals surface area contributed by atoms with Gasteiger partial charge in [-0.25, -0.2) is 4.99 Å². The number of hydrogen-bond acceptors (Lipinski definition) is 2. The Bertz CT molecular complexity index is 217. The number of nitrogens with zero attached hydrogens (tertiary/aromatic N) is 2. The van der Waals surface area contributed by atoms with Gasteiger partial charge in [0.1, 0.15) is 0 Å². The summed E-state index contributed by atoms with van der Waals surface area (Å²) in [5, 5.41) is 2.58. The second-order valence-electron chi connectivity index (χ2n) is 2.96. The first-order chi connectivity index (χ1) is 6.63. The van der Waals surface area contributed by atoms with E-state index in [2.05, 4.69) is 28.7 Å². The third-order valence-electron chi connectivity index (χ3n) is 1.76. The van der Waals surface area contributed by atoms with E-state index >= 15 is 0 Å². The van der Waals surface area contributed by atoms with Crippen LogP contribution in [0, 0.1) is 0 Å². The molecule has 0 bridgehead atoms. The summed E-state index contributed by atoms with van der Waals surface area (Å²) in [6.45, 7) is 4.17. The Hall–Kier alpha value is -0.680. The molecule has 0 rings (SSSR count). The molecule has 5 nitrogen and oxygen atoms in total. The van der Waals surface area contributed by atoms with E-state index in [-0.39, 0.29) is 30.4 Å². The van der Waals surface area contributed by atoms with Crippen molar-refractivity contribution >= 4 is 36.1 Å². The van der Waals surface area contributed by atoms with Gasteiger partial charge >= 0.3 is 0 Å². The zero-order chi connectivity index (χ0) is 11.0. The zero-order valence-electron chi connectivity index (χ0n) is 9.03. The van der Waals surface area contributed by atoms with E-state index in [1.165, 1.54) is 0 Å². The Morgan fingerprint density at radius 2 is 1.93 bits per heavy atom. The Labute approximate surface area is 102 Å². The molecule has 0 aromatic heterocycles. The molecule has 0 radical (unpaired) electrons. The molecule has 0 aliphatic carbocycles. The topological polar surface area (TPSA) is 88.8 Å². The van der Waals surface area contributed by atoms with Crippen molar-refractivity contribution in [2.24, 2.45) is 21.0 Å². The maximum absolute atomic E-state index is 5.58. The van der Waals surface area contributed by atoms with Gasteiger partial charge in [-0.1, -0.05) is 20.3 Å². The largest absolute Gasteiger partial charge is 0.370 e. The van der Waals surface area contributed by atoms with Crippen molar-refractivity contribution < 1.29 is 0 Å². The van der Waals surface area contributed by atoms with E-state index in [4.69, 9.17) is 23.2 Å². The number of aliphatic imine (C=N–C) groups is 1. The monoisotopic (exact) mass is 255 g/mol. The van der Waals surface area contributed by atoms with Gasteiger partial charge in [-0.05, 0) is 12.8 Å². The van der Waals surface area contributed by atoms with E-state index in [9.17, 15) is 0 Å². The fraction of sp³-hybridized carbons (Fsp3) is 0.750. The maximum atomic E-state index is 5.58. The molecule has 5 N–H and O–H groups in total. The van der Waals surface area contributed by atoms with Crippen LogP contribution in [0.3, 0.4) is 0 Å². The molecule has 0 saturated carbocycles. The van der Waals surface area contributed by atoms with Crippen LogP contribution in [0.25, 0.3) is 0 Å². The molecular weight excluding hydrogens is 237 g/mol. The number of halogens is 2. The highest BCUT2D eigenvalue weighted by Crippen LogP contribution is 2.05. The molecule has 7 heteroatoms. The van der Waals surface area contributed by atoms with Gasteiger partial charge in [-0.3, -0.25) is 5.32 Å². The van der Waals surface area contributed by atoms with Crippen LogP contribution < -0.4 is 16.8 Å². The second kappa shape index (κ2) is 9.86. The molecule has 0 aliphatic rings. The molecular formula is C8H19Cl2N5. The normalized spacial score (nSPS) is 14.3. The predicted molar refractivity (Wildman–Crippen MR) is 68.5 cm³/mol. The van der Waals surface area contributed by atoms with Crippen LogP contribution in [0.1, 0.15) is 33.1 Å². The summed E-state index contributed by atoms with van der Waals surface area (Å²) >= 11 is 5.12. The predicted octanol–water partition coefficient (Wildman–Crippen LogP) is 1.36. The number of guanidine groups is 2. The third kappa shape index (κ3) is 8.32. The van der Waals surface area contributed by atoms with Crippen molar-refractivity contribution in [3.63, 3.8) is 0 Å². The molecule has 1 unspecified atom stereocenters. The SMILES string of the molecule is CCCC(CC)N=C(N)NC(N)=NCl.Cl. The van der Waals surface area contributed by atoms with Crippen molar-refractivity contribution in [3.8, 4) is 0 Å². The van der Waals surface area contributed by atoms with E-state index in [0.717, 1.165) is 19.3 Å². The van der Waals surface area contributed by atoms with Crippen LogP contribution in [-0.4, -0.2) is 18.0 Å². The van der Waals surface area contributed by atoms with Crippen LogP contribution in [0.5, 0.6) is 0 Å². The molecule has 0 amide bonds. The fourth-order valence-electron chi connectivity index (χ4n) is 1.07. The lowest BCUT2D eigenvalue weighted by Gasteiger charge is -2.10. The molecule has 0 aromatic rings. The van der Waals surface area contributed by atoms with Crippen molar-refractivity contribution in [1.82, 2.24) is 5.32 Å². The minimum Gasteiger partial charge on any atom is -0.370 e. The van der Waals surface area contributed by atoms with Crippen LogP contribution >= 0.6 is 24.2 Å². The summed E-state index contributed by atoms with van der Waals surface area (Å²) in [7, 11) is 0. The van der Waals surface area contributed by atoms with E-state index in [0.29, 0.717) is 0 Å². The maximum Gasteiger partial charge on any atom is 0.213 e. The second-order valence-corrected chi connectivity index (χ2v) is 3.13. The highest BCUT2D eigenvalue weighted by Gasteiger charge is 2.03. The van der Waals surface area contributed by atoms with Gasteiger partial charge in [0.2, 0.25) is 5.96 Å². The smallest absolute Gasteiger partial charge is 0.213 e. The van der Waals surface area contributed by atoms with Crippen LogP contribution in [0.15, 0.2) is 9.50 Å². The molecule has 15 heavy (non-hydrogen) atoms. The minimum absolute atomic E-state index is 0. The number of rotatable bonds is 4. The van der Waals surface area contributed by atoms with Crippen molar-refractivity contribution in [2.75, 3.05) is 0 Å². The van der Waals surface area contributed by atoms with Crippen molar-refractivity contribution in [2.45, 2.75) is 39.2 Å². The van der Waals surface area contributed by atoms with E-state index in [1.54, 1.807) is 0 Å². The molecule has 0 fully saturated rings. The fourth-order valence-corrected chi connectivity index (χ4v) is 1.12. The van der Waals surface area contributed by atoms with Gasteiger partial charge in [0.15, 0.2) is 5.96 Å². The Kier molecular flexibility index (Phi) is 11.0. The first-order valence-electron chi connectivity index (χ1n) is 4.68. The molecule has 90 valence electrons. The third-order valence-corrected chi connectivity index (χ3v) is 1.94. The highest BCUT2D eigenvalue weighted by molar-refractivity contribution is 6.20. The molecule has 1 atom stereocenters. The van der Waals surface area contributed by atoms with E-state index in [1.807, 2.05) is 0 Å². The lowest BCUT2D eigenvalue weighted by Crippen LogP contribution is -2.41. The number of nitrogens with two attached hydrogens (primary N) is 2. The Morgan fingerprint density at radius 1 is 1.33 bits per heavy atom. The average molecular weight is 256 g/mol. The first kappa shape index (κ1) is 16.7. The molecule has 0 aliphatic heterocycles.